The molecule has 1 heterocycles. The maximum atomic E-state index is 7.20. The van der Waals surface area contributed by atoms with E-state index >= 15 is 0 Å². The minimum absolute atomic E-state index is 0.558. The quantitative estimate of drug-likeness (QED) is 0.613. The van der Waals surface area contributed by atoms with E-state index in [1.165, 1.54) is 0 Å². The van der Waals surface area contributed by atoms with Crippen molar-refractivity contribution in [2.45, 2.75) is 20.8 Å². The normalized spacial score (nSPS) is 7.91. The highest BCUT2D eigenvalue weighted by atomic mass is 14.6. The van der Waals surface area contributed by atoms with Gasteiger partial charge in [-0.2, -0.15) is 0 Å². The lowest BCUT2D eigenvalue weighted by molar-refractivity contribution is 1.30. The molecule has 1 aromatic rings. The van der Waals surface area contributed by atoms with Gasteiger partial charge >= 0.3 is 0 Å². The number of nitrogens with one attached hydrogen (secondary N) is 1. The Bertz CT molecular complexity index is 204. The molecule has 0 aliphatic heterocycles. The second kappa shape index (κ2) is 5.59. The molecule has 0 fully saturated rings. The third-order valence-corrected chi connectivity index (χ3v) is 1.09. The van der Waals surface area contributed by atoms with Gasteiger partial charge in [0.1, 0.15) is 0 Å². The molecule has 0 saturated heterocycles. The molecule has 0 bridgehead atoms. The monoisotopic (exact) mass is 150 g/mol. The molecule has 0 aromatic carbocycles. The fourth-order valence-electron chi connectivity index (χ4n) is 0.585. The smallest absolute Gasteiger partial charge is 0.0370 e. The number of aromatic nitrogens is 1. The van der Waals surface area contributed by atoms with Crippen molar-refractivity contribution in [2.75, 3.05) is 0 Å². The van der Waals surface area contributed by atoms with Crippen LogP contribution in [0.5, 0.6) is 0 Å². The number of pyridine rings is 1. The van der Waals surface area contributed by atoms with Crippen LogP contribution in [0.2, 0.25) is 0 Å². The maximum absolute atomic E-state index is 7.20. The number of nitrogens with zero attached hydrogens (tertiary/aromatic N) is 1. The van der Waals surface area contributed by atoms with Gasteiger partial charge in [0.25, 0.3) is 0 Å². The van der Waals surface area contributed by atoms with Crippen molar-refractivity contribution in [2.24, 2.45) is 0 Å². The topological polar surface area (TPSA) is 36.7 Å². The van der Waals surface area contributed by atoms with Crippen LogP contribution < -0.4 is 0 Å². The lowest BCUT2D eigenvalue weighted by Crippen LogP contribution is -1.90. The summed E-state index contributed by atoms with van der Waals surface area (Å²) in [5.41, 5.74) is 1.45. The lowest BCUT2D eigenvalue weighted by atomic mass is 10.2. The second-order valence-corrected chi connectivity index (χ2v) is 1.87. The molecule has 0 atom stereocenters. The van der Waals surface area contributed by atoms with E-state index in [-0.39, 0.29) is 0 Å². The fraction of sp³-hybridized carbons (Fsp3) is 0.333. The van der Waals surface area contributed by atoms with Crippen LogP contribution in [-0.4, -0.2) is 10.7 Å². The molecular formula is C9H14N2. The molecule has 0 unspecified atom stereocenters. The summed E-state index contributed by atoms with van der Waals surface area (Å²) in [6, 6.07) is 3.70. The Morgan fingerprint density at radius 3 is 2.36 bits per heavy atom. The molecule has 1 N–H and O–H groups in total. The van der Waals surface area contributed by atoms with E-state index in [2.05, 4.69) is 4.98 Å². The van der Waals surface area contributed by atoms with Gasteiger partial charge in [0.2, 0.25) is 0 Å². The van der Waals surface area contributed by atoms with E-state index in [1.807, 2.05) is 26.0 Å². The van der Waals surface area contributed by atoms with Crippen LogP contribution in [0.15, 0.2) is 24.5 Å². The van der Waals surface area contributed by atoms with Crippen molar-refractivity contribution in [1.82, 2.24) is 4.98 Å². The second-order valence-electron chi connectivity index (χ2n) is 1.87. The Hall–Kier alpha value is -1.18. The Morgan fingerprint density at radius 2 is 2.09 bits per heavy atom. The van der Waals surface area contributed by atoms with E-state index in [4.69, 9.17) is 5.41 Å². The fourth-order valence-corrected chi connectivity index (χ4v) is 0.585. The summed E-state index contributed by atoms with van der Waals surface area (Å²) in [6.07, 6.45) is 3.38. The first kappa shape index (κ1) is 9.82. The van der Waals surface area contributed by atoms with E-state index in [1.54, 1.807) is 19.3 Å². The zero-order chi connectivity index (χ0) is 8.69. The molecule has 0 spiro atoms. The van der Waals surface area contributed by atoms with Crippen LogP contribution in [0.1, 0.15) is 26.3 Å². The summed E-state index contributed by atoms with van der Waals surface area (Å²) in [7, 11) is 0. The van der Waals surface area contributed by atoms with E-state index in [9.17, 15) is 0 Å². The molecule has 0 amide bonds. The highest BCUT2D eigenvalue weighted by molar-refractivity contribution is 5.95. The first-order valence-corrected chi connectivity index (χ1v) is 3.76. The van der Waals surface area contributed by atoms with Crippen molar-refractivity contribution in [3.63, 3.8) is 0 Å². The SMILES string of the molecule is CC.CC(=N)c1cccnc1. The highest BCUT2D eigenvalue weighted by Crippen LogP contribution is 1.94. The summed E-state index contributed by atoms with van der Waals surface area (Å²) in [5, 5.41) is 7.20. The average molecular weight is 150 g/mol. The highest BCUT2D eigenvalue weighted by Gasteiger charge is 1.89. The van der Waals surface area contributed by atoms with Gasteiger partial charge in [0.15, 0.2) is 0 Å². The van der Waals surface area contributed by atoms with Crippen molar-refractivity contribution in [3.05, 3.63) is 30.1 Å². The molecule has 60 valence electrons. The zero-order valence-electron chi connectivity index (χ0n) is 7.26. The van der Waals surface area contributed by atoms with Crippen LogP contribution in [0.25, 0.3) is 0 Å². The summed E-state index contributed by atoms with van der Waals surface area (Å²) in [6.45, 7) is 5.75. The Kier molecular flexibility index (Phi) is 4.99. The van der Waals surface area contributed by atoms with Crippen molar-refractivity contribution >= 4 is 5.71 Å². The van der Waals surface area contributed by atoms with E-state index in [0.717, 1.165) is 5.56 Å². The predicted octanol–water partition coefficient (Wildman–Crippen LogP) is 2.50. The van der Waals surface area contributed by atoms with Crippen molar-refractivity contribution in [3.8, 4) is 0 Å². The molecule has 2 heteroatoms. The van der Waals surface area contributed by atoms with Crippen LogP contribution in [0, 0.1) is 5.41 Å². The summed E-state index contributed by atoms with van der Waals surface area (Å²) in [4.78, 5) is 3.87. The molecule has 1 aromatic heterocycles. The summed E-state index contributed by atoms with van der Waals surface area (Å²) in [5.74, 6) is 0. The molecule has 0 radical (unpaired) electrons. The van der Waals surface area contributed by atoms with Gasteiger partial charge in [-0.05, 0) is 13.0 Å². The van der Waals surface area contributed by atoms with Gasteiger partial charge in [-0.3, -0.25) is 4.98 Å². The van der Waals surface area contributed by atoms with E-state index in [0.29, 0.717) is 5.71 Å². The average Bonchev–Trinajstić information content (AvgIpc) is 2.10. The minimum atomic E-state index is 0.558. The standard InChI is InChI=1S/C7H8N2.C2H6/c1-6(8)7-3-2-4-9-5-7;1-2/h2-5,8H,1H3;1-2H3. The van der Waals surface area contributed by atoms with Crippen molar-refractivity contribution in [1.29, 1.82) is 5.41 Å². The van der Waals surface area contributed by atoms with Gasteiger partial charge in [-0.1, -0.05) is 19.9 Å². The molecule has 0 saturated carbocycles. The van der Waals surface area contributed by atoms with Crippen LogP contribution in [0.3, 0.4) is 0 Å². The third-order valence-electron chi connectivity index (χ3n) is 1.09. The molecular weight excluding hydrogens is 136 g/mol. The zero-order valence-corrected chi connectivity index (χ0v) is 7.26. The lowest BCUT2D eigenvalue weighted by Gasteiger charge is -1.92. The Balaban J connectivity index is 0.000000461. The van der Waals surface area contributed by atoms with Gasteiger partial charge in [0, 0.05) is 23.7 Å². The number of rotatable bonds is 1. The predicted molar refractivity (Wildman–Crippen MR) is 48.1 cm³/mol. The van der Waals surface area contributed by atoms with Gasteiger partial charge in [0.05, 0.1) is 0 Å². The molecule has 11 heavy (non-hydrogen) atoms. The summed E-state index contributed by atoms with van der Waals surface area (Å²) < 4.78 is 0. The van der Waals surface area contributed by atoms with Gasteiger partial charge in [-0.15, -0.1) is 0 Å². The Morgan fingerprint density at radius 1 is 1.45 bits per heavy atom. The number of hydrogen-bond donors (Lipinski definition) is 1. The van der Waals surface area contributed by atoms with Crippen LogP contribution >= 0.6 is 0 Å². The molecule has 1 rings (SSSR count). The largest absolute Gasteiger partial charge is 0.305 e. The van der Waals surface area contributed by atoms with Gasteiger partial charge < -0.3 is 5.41 Å². The Labute approximate surface area is 67.8 Å². The molecule has 2 nitrogen and oxygen atoms in total. The third kappa shape index (κ3) is 3.50. The molecule has 0 aliphatic rings. The molecule has 0 aliphatic carbocycles. The minimum Gasteiger partial charge on any atom is -0.305 e. The first-order chi connectivity index (χ1) is 5.30. The summed E-state index contributed by atoms with van der Waals surface area (Å²) >= 11 is 0. The van der Waals surface area contributed by atoms with Gasteiger partial charge in [-0.25, -0.2) is 0 Å². The number of hydrogen-bond acceptors (Lipinski definition) is 2. The first-order valence-electron chi connectivity index (χ1n) is 3.76. The van der Waals surface area contributed by atoms with Crippen LogP contribution in [0.4, 0.5) is 0 Å². The van der Waals surface area contributed by atoms with E-state index < -0.39 is 0 Å². The maximum Gasteiger partial charge on any atom is 0.0370 e. The van der Waals surface area contributed by atoms with Crippen molar-refractivity contribution < 1.29 is 0 Å². The van der Waals surface area contributed by atoms with Crippen LogP contribution in [-0.2, 0) is 0 Å².